The van der Waals surface area contributed by atoms with Crippen molar-refractivity contribution in [2.75, 3.05) is 5.32 Å². The second-order valence-electron chi connectivity index (χ2n) is 13.1. The Bertz CT molecular complexity index is 2770. The predicted molar refractivity (Wildman–Crippen MR) is 200 cm³/mol. The van der Waals surface area contributed by atoms with E-state index in [0.717, 1.165) is 38.9 Å². The van der Waals surface area contributed by atoms with Crippen LogP contribution >= 0.6 is 0 Å². The summed E-state index contributed by atoms with van der Waals surface area (Å²) in [4.78, 5) is 0. The van der Waals surface area contributed by atoms with Crippen LogP contribution in [0.5, 0.6) is 0 Å². The summed E-state index contributed by atoms with van der Waals surface area (Å²) < 4.78 is 8.92. The van der Waals surface area contributed by atoms with Gasteiger partial charge in [0, 0.05) is 50.1 Å². The molecule has 0 saturated carbocycles. The molecule has 3 heterocycles. The van der Waals surface area contributed by atoms with Crippen LogP contribution in [0.25, 0.3) is 71.3 Å². The number of nitrogens with one attached hydrogen (secondary N) is 1. The lowest BCUT2D eigenvalue weighted by atomic mass is 9.58. The number of benzene rings is 7. The van der Waals surface area contributed by atoms with E-state index in [-0.39, 0.29) is 0 Å². The summed E-state index contributed by atoms with van der Waals surface area (Å²) in [7, 11) is 2.41. The highest BCUT2D eigenvalue weighted by atomic mass is 16.3. The van der Waals surface area contributed by atoms with E-state index < -0.39 is 0 Å². The number of furan rings is 1. The molecule has 47 heavy (non-hydrogen) atoms. The normalized spacial score (nSPS) is 12.3. The average molecular weight is 602 g/mol. The fourth-order valence-corrected chi connectivity index (χ4v) is 7.85. The third-order valence-corrected chi connectivity index (χ3v) is 10.0. The molecule has 1 radical (unpaired) electrons. The molecule has 4 heteroatoms. The van der Waals surface area contributed by atoms with Crippen LogP contribution in [0.4, 0.5) is 11.4 Å². The fraction of sp³-hybridized carbons (Fsp3) is 0.0698. The van der Waals surface area contributed by atoms with E-state index in [1.54, 1.807) is 0 Å². The Labute approximate surface area is 273 Å². The molecule has 0 atom stereocenters. The van der Waals surface area contributed by atoms with Crippen molar-refractivity contribution in [1.82, 2.24) is 4.57 Å². The molecule has 221 valence electrons. The summed E-state index contributed by atoms with van der Waals surface area (Å²) >= 11 is 0. The molecule has 2 aromatic heterocycles. The van der Waals surface area contributed by atoms with Gasteiger partial charge in [-0.15, -0.1) is 0 Å². The molecule has 10 rings (SSSR count). The van der Waals surface area contributed by atoms with Crippen LogP contribution in [0.15, 0.2) is 126 Å². The molecular weight excluding hydrogens is 571 g/mol. The molecule has 3 nitrogen and oxygen atoms in total. The molecule has 0 aliphatic carbocycles. The van der Waals surface area contributed by atoms with E-state index in [2.05, 4.69) is 153 Å². The highest BCUT2D eigenvalue weighted by Crippen LogP contribution is 2.43. The molecule has 1 aliphatic rings. The number of rotatable bonds is 3. The predicted octanol–water partition coefficient (Wildman–Crippen LogP) is 10.1. The smallest absolute Gasteiger partial charge is 0.197 e. The SMILES string of the molecule is Cc1ccc(Nc2cc3oc4ccccc4c3cc2-c2cc(C)c3c4c5ccccc5ccc4n4c3c2[B]c2cc(C)ccc2-4)cc1. The first-order valence-corrected chi connectivity index (χ1v) is 16.3. The van der Waals surface area contributed by atoms with Gasteiger partial charge in [0.1, 0.15) is 11.2 Å². The maximum Gasteiger partial charge on any atom is 0.197 e. The Morgan fingerprint density at radius 2 is 1.40 bits per heavy atom. The lowest BCUT2D eigenvalue weighted by Crippen LogP contribution is -2.37. The van der Waals surface area contributed by atoms with Gasteiger partial charge in [0.15, 0.2) is 7.28 Å². The van der Waals surface area contributed by atoms with Crippen molar-refractivity contribution < 1.29 is 4.42 Å². The van der Waals surface area contributed by atoms with Gasteiger partial charge in [0.25, 0.3) is 0 Å². The molecule has 0 fully saturated rings. The van der Waals surface area contributed by atoms with Gasteiger partial charge in [-0.25, -0.2) is 0 Å². The van der Waals surface area contributed by atoms with Crippen molar-refractivity contribution in [3.8, 4) is 16.8 Å². The number of aryl methyl sites for hydroxylation is 3. The maximum absolute atomic E-state index is 6.41. The molecule has 0 unspecified atom stereocenters. The Morgan fingerprint density at radius 1 is 0.617 bits per heavy atom. The summed E-state index contributed by atoms with van der Waals surface area (Å²) in [5.41, 5.74) is 16.2. The molecular formula is C43H30BN2O. The molecule has 0 bridgehead atoms. The lowest BCUT2D eigenvalue weighted by molar-refractivity contribution is 0.669. The minimum Gasteiger partial charge on any atom is -0.456 e. The fourth-order valence-electron chi connectivity index (χ4n) is 7.85. The molecule has 7 aromatic carbocycles. The number of hydrogen-bond acceptors (Lipinski definition) is 2. The van der Waals surface area contributed by atoms with Crippen LogP contribution in [0.1, 0.15) is 16.7 Å². The van der Waals surface area contributed by atoms with E-state index in [9.17, 15) is 0 Å². The number of para-hydroxylation sites is 1. The van der Waals surface area contributed by atoms with Gasteiger partial charge in [-0.3, -0.25) is 0 Å². The van der Waals surface area contributed by atoms with Crippen LogP contribution in [0.3, 0.4) is 0 Å². The van der Waals surface area contributed by atoms with E-state index in [1.807, 2.05) is 6.07 Å². The van der Waals surface area contributed by atoms with Crippen molar-refractivity contribution in [2.24, 2.45) is 0 Å². The molecule has 1 aliphatic heterocycles. The van der Waals surface area contributed by atoms with Gasteiger partial charge >= 0.3 is 0 Å². The third-order valence-electron chi connectivity index (χ3n) is 10.0. The zero-order valence-electron chi connectivity index (χ0n) is 26.5. The van der Waals surface area contributed by atoms with Crippen LogP contribution in [-0.4, -0.2) is 11.8 Å². The molecule has 1 N–H and O–H groups in total. The van der Waals surface area contributed by atoms with Crippen molar-refractivity contribution in [1.29, 1.82) is 0 Å². The Balaban J connectivity index is 1.35. The van der Waals surface area contributed by atoms with Crippen LogP contribution in [-0.2, 0) is 0 Å². The first-order chi connectivity index (χ1) is 23.0. The van der Waals surface area contributed by atoms with Crippen LogP contribution in [0, 0.1) is 20.8 Å². The second kappa shape index (κ2) is 9.64. The second-order valence-corrected chi connectivity index (χ2v) is 13.1. The van der Waals surface area contributed by atoms with E-state index in [0.29, 0.717) is 0 Å². The Morgan fingerprint density at radius 3 is 2.28 bits per heavy atom. The van der Waals surface area contributed by atoms with Crippen molar-refractivity contribution in [3.63, 3.8) is 0 Å². The molecule has 9 aromatic rings. The highest BCUT2D eigenvalue weighted by Gasteiger charge is 2.29. The quantitative estimate of drug-likeness (QED) is 0.204. The van der Waals surface area contributed by atoms with Gasteiger partial charge in [0.05, 0.1) is 11.2 Å². The van der Waals surface area contributed by atoms with Crippen LogP contribution in [0.2, 0.25) is 0 Å². The monoisotopic (exact) mass is 601 g/mol. The number of nitrogens with zero attached hydrogens (tertiary/aromatic N) is 1. The summed E-state index contributed by atoms with van der Waals surface area (Å²) in [6.07, 6.45) is 0. The summed E-state index contributed by atoms with van der Waals surface area (Å²) in [5.74, 6) is 0. The highest BCUT2D eigenvalue weighted by molar-refractivity contribution is 6.73. The lowest BCUT2D eigenvalue weighted by Gasteiger charge is -2.25. The third kappa shape index (κ3) is 3.82. The zero-order chi connectivity index (χ0) is 31.4. The Kier molecular flexibility index (Phi) is 5.43. The maximum atomic E-state index is 6.41. The molecule has 0 spiro atoms. The summed E-state index contributed by atoms with van der Waals surface area (Å²) in [6, 6.07) is 44.0. The summed E-state index contributed by atoms with van der Waals surface area (Å²) in [5, 5.41) is 11.2. The van der Waals surface area contributed by atoms with Crippen molar-refractivity contribution in [2.45, 2.75) is 20.8 Å². The number of aromatic nitrogens is 1. The van der Waals surface area contributed by atoms with E-state index in [4.69, 9.17) is 4.42 Å². The number of hydrogen-bond donors (Lipinski definition) is 1. The van der Waals surface area contributed by atoms with Gasteiger partial charge in [-0.1, -0.05) is 95.5 Å². The van der Waals surface area contributed by atoms with Gasteiger partial charge in [0.2, 0.25) is 0 Å². The van der Waals surface area contributed by atoms with Crippen LogP contribution < -0.4 is 16.2 Å². The minimum atomic E-state index is 0.876. The molecule has 0 saturated heterocycles. The summed E-state index contributed by atoms with van der Waals surface area (Å²) in [6.45, 7) is 6.58. The van der Waals surface area contributed by atoms with Crippen molar-refractivity contribution in [3.05, 3.63) is 138 Å². The van der Waals surface area contributed by atoms with E-state index in [1.165, 1.54) is 71.4 Å². The topological polar surface area (TPSA) is 30.1 Å². The zero-order valence-corrected chi connectivity index (χ0v) is 26.5. The van der Waals surface area contributed by atoms with Crippen molar-refractivity contribution >= 4 is 84.1 Å². The Hall–Kier alpha value is -5.74. The van der Waals surface area contributed by atoms with E-state index >= 15 is 0 Å². The standard InChI is InChI=1S/C43H30BN2O/c1-24-12-16-28(17-13-24)45-35-23-39-32(30-10-6-7-11-38(30)47-39)22-31(35)33-21-26(3)40-41-29-9-5-4-8-27(29)15-19-37(41)46-36-18-14-25(2)20-34(36)44-42(33)43(40)46/h4-23,45H,1-3H3. The van der Waals surface area contributed by atoms with Gasteiger partial charge in [-0.2, -0.15) is 0 Å². The minimum absolute atomic E-state index is 0.876. The largest absolute Gasteiger partial charge is 0.456 e. The van der Waals surface area contributed by atoms with Gasteiger partial charge < -0.3 is 14.3 Å². The number of anilines is 2. The average Bonchev–Trinajstić information content (AvgIpc) is 3.63. The first-order valence-electron chi connectivity index (χ1n) is 16.3. The first kappa shape index (κ1) is 26.5. The van der Waals surface area contributed by atoms with Gasteiger partial charge in [-0.05, 0) is 84.5 Å². The molecule has 0 amide bonds. The number of fused-ring (bicyclic) bond motifs is 10.